The summed E-state index contributed by atoms with van der Waals surface area (Å²) in [4.78, 5) is 14.8. The van der Waals surface area contributed by atoms with Crippen molar-refractivity contribution in [2.24, 2.45) is 11.7 Å². The molecule has 0 radical (unpaired) electrons. The smallest absolute Gasteiger partial charge is 0.243 e. The molecule has 0 spiro atoms. The first-order valence-electron chi connectivity index (χ1n) is 9.29. The lowest BCUT2D eigenvalue weighted by molar-refractivity contribution is -0.119. The third kappa shape index (κ3) is 5.81. The number of nitrogens with zero attached hydrogens (tertiary/aromatic N) is 2. The topological polar surface area (TPSA) is 95.7 Å². The van der Waals surface area contributed by atoms with Gasteiger partial charge in [0.15, 0.2) is 0 Å². The van der Waals surface area contributed by atoms with E-state index < -0.39 is 10.0 Å². The normalized spacial score (nSPS) is 23.5. The molecule has 2 unspecified atom stereocenters. The lowest BCUT2D eigenvalue weighted by Gasteiger charge is -2.33. The van der Waals surface area contributed by atoms with E-state index in [1.807, 2.05) is 0 Å². The van der Waals surface area contributed by atoms with Crippen molar-refractivity contribution in [1.82, 2.24) is 9.21 Å². The van der Waals surface area contributed by atoms with E-state index in [9.17, 15) is 13.2 Å². The van der Waals surface area contributed by atoms with Gasteiger partial charge in [0.05, 0.1) is 4.90 Å². The molecule has 160 valence electrons. The number of hydrogen-bond acceptors (Lipinski definition) is 5. The van der Waals surface area contributed by atoms with Gasteiger partial charge in [-0.2, -0.15) is 4.31 Å². The average molecular weight is 453 g/mol. The van der Waals surface area contributed by atoms with Gasteiger partial charge in [-0.1, -0.05) is 13.0 Å². The third-order valence-corrected chi connectivity index (χ3v) is 7.26. The molecule has 0 bridgehead atoms. The van der Waals surface area contributed by atoms with E-state index in [1.54, 1.807) is 24.3 Å². The molecular formula is C18H30Cl2N4O3S. The Morgan fingerprint density at radius 3 is 2.43 bits per heavy atom. The minimum Gasteiger partial charge on any atom is -0.328 e. The van der Waals surface area contributed by atoms with E-state index in [-0.39, 0.29) is 47.6 Å². The molecule has 1 aromatic rings. The highest BCUT2D eigenvalue weighted by Crippen LogP contribution is 2.26. The first kappa shape index (κ1) is 25.1. The second kappa shape index (κ2) is 10.8. The van der Waals surface area contributed by atoms with Crippen molar-refractivity contribution in [3.63, 3.8) is 0 Å². The fourth-order valence-corrected chi connectivity index (χ4v) is 5.14. The van der Waals surface area contributed by atoms with Gasteiger partial charge in [-0.05, 0) is 44.0 Å². The minimum absolute atomic E-state index is 0. The fraction of sp³-hybridized carbons (Fsp3) is 0.611. The number of halogens is 2. The van der Waals surface area contributed by atoms with Crippen LogP contribution in [0.15, 0.2) is 29.2 Å². The Kier molecular flexibility index (Phi) is 9.66. The number of sulfonamides is 1. The zero-order valence-electron chi connectivity index (χ0n) is 16.0. The SMILES string of the molecule is CCN1CCN(S(=O)(=O)c2cccc(NC(=O)C3CCC(N)C3)c2)CC1.Cl.Cl. The van der Waals surface area contributed by atoms with Gasteiger partial charge >= 0.3 is 0 Å². The second-order valence-corrected chi connectivity index (χ2v) is 9.06. The monoisotopic (exact) mass is 452 g/mol. The molecule has 0 aromatic heterocycles. The molecule has 3 rings (SSSR count). The molecule has 1 saturated heterocycles. The molecule has 2 fully saturated rings. The summed E-state index contributed by atoms with van der Waals surface area (Å²) in [5.41, 5.74) is 6.39. The number of nitrogens with one attached hydrogen (secondary N) is 1. The van der Waals surface area contributed by atoms with Crippen molar-refractivity contribution < 1.29 is 13.2 Å². The van der Waals surface area contributed by atoms with Crippen LogP contribution in [0.5, 0.6) is 0 Å². The number of benzene rings is 1. The summed E-state index contributed by atoms with van der Waals surface area (Å²) >= 11 is 0. The van der Waals surface area contributed by atoms with Gasteiger partial charge in [0, 0.05) is 43.8 Å². The molecule has 2 aliphatic rings. The summed E-state index contributed by atoms with van der Waals surface area (Å²) in [7, 11) is -3.54. The number of carbonyl (C=O) groups excluding carboxylic acids is 1. The van der Waals surface area contributed by atoms with Crippen molar-refractivity contribution in [3.05, 3.63) is 24.3 Å². The number of anilines is 1. The van der Waals surface area contributed by atoms with Crippen LogP contribution in [0.2, 0.25) is 0 Å². The number of amides is 1. The molecular weight excluding hydrogens is 423 g/mol. The zero-order valence-corrected chi connectivity index (χ0v) is 18.5. The van der Waals surface area contributed by atoms with Crippen LogP contribution in [-0.4, -0.2) is 62.3 Å². The average Bonchev–Trinajstić information content (AvgIpc) is 3.08. The number of likely N-dealkylation sites (N-methyl/N-ethyl adjacent to an activating group) is 1. The van der Waals surface area contributed by atoms with Gasteiger partial charge in [-0.25, -0.2) is 8.42 Å². The van der Waals surface area contributed by atoms with Gasteiger partial charge in [-0.15, -0.1) is 24.8 Å². The van der Waals surface area contributed by atoms with E-state index in [4.69, 9.17) is 5.73 Å². The lowest BCUT2D eigenvalue weighted by Crippen LogP contribution is -2.48. The van der Waals surface area contributed by atoms with Crippen LogP contribution in [0, 0.1) is 5.92 Å². The lowest BCUT2D eigenvalue weighted by atomic mass is 10.1. The summed E-state index contributed by atoms with van der Waals surface area (Å²) in [6.45, 7) is 5.48. The highest BCUT2D eigenvalue weighted by atomic mass is 35.5. The van der Waals surface area contributed by atoms with Crippen LogP contribution >= 0.6 is 24.8 Å². The molecule has 28 heavy (non-hydrogen) atoms. The maximum atomic E-state index is 12.9. The molecule has 1 amide bonds. The number of nitrogens with two attached hydrogens (primary N) is 1. The molecule has 10 heteroatoms. The maximum absolute atomic E-state index is 12.9. The van der Waals surface area contributed by atoms with E-state index in [0.717, 1.165) is 32.5 Å². The van der Waals surface area contributed by atoms with Crippen molar-refractivity contribution in [3.8, 4) is 0 Å². The van der Waals surface area contributed by atoms with Gasteiger partial charge in [0.1, 0.15) is 0 Å². The third-order valence-electron chi connectivity index (χ3n) is 5.36. The highest BCUT2D eigenvalue weighted by molar-refractivity contribution is 7.89. The summed E-state index contributed by atoms with van der Waals surface area (Å²) in [6, 6.07) is 6.61. The Morgan fingerprint density at radius 2 is 1.86 bits per heavy atom. The Labute approximate surface area is 179 Å². The van der Waals surface area contributed by atoms with E-state index in [0.29, 0.717) is 25.2 Å². The number of hydrogen-bond donors (Lipinski definition) is 2. The number of piperazine rings is 1. The Hall–Kier alpha value is -0.900. The largest absolute Gasteiger partial charge is 0.328 e. The number of carbonyl (C=O) groups is 1. The minimum atomic E-state index is -3.54. The Balaban J connectivity index is 0.00000196. The van der Waals surface area contributed by atoms with Gasteiger partial charge in [0.25, 0.3) is 0 Å². The predicted octanol–water partition coefficient (Wildman–Crippen LogP) is 1.92. The predicted molar refractivity (Wildman–Crippen MR) is 116 cm³/mol. The maximum Gasteiger partial charge on any atom is 0.243 e. The quantitative estimate of drug-likeness (QED) is 0.711. The van der Waals surface area contributed by atoms with Crippen molar-refractivity contribution >= 4 is 46.4 Å². The standard InChI is InChI=1S/C18H28N4O3S.2ClH/c1-2-21-8-10-22(11-9-21)26(24,25)17-5-3-4-16(13-17)20-18(23)14-6-7-15(19)12-14;;/h3-5,13-15H,2,6-12,19H2,1H3,(H,20,23);2*1H. The molecule has 1 aliphatic heterocycles. The first-order chi connectivity index (χ1) is 12.4. The van der Waals surface area contributed by atoms with Crippen LogP contribution < -0.4 is 11.1 Å². The summed E-state index contributed by atoms with van der Waals surface area (Å²) in [5, 5.41) is 2.85. The Morgan fingerprint density at radius 1 is 1.18 bits per heavy atom. The van der Waals surface area contributed by atoms with Gasteiger partial charge < -0.3 is 16.0 Å². The van der Waals surface area contributed by atoms with Crippen molar-refractivity contribution in [2.75, 3.05) is 38.0 Å². The molecule has 2 atom stereocenters. The van der Waals surface area contributed by atoms with Gasteiger partial charge in [-0.3, -0.25) is 4.79 Å². The molecule has 7 nitrogen and oxygen atoms in total. The molecule has 1 aliphatic carbocycles. The fourth-order valence-electron chi connectivity index (χ4n) is 3.67. The summed E-state index contributed by atoms with van der Waals surface area (Å²) < 4.78 is 27.3. The highest BCUT2D eigenvalue weighted by Gasteiger charge is 2.30. The van der Waals surface area contributed by atoms with Crippen LogP contribution in [0.1, 0.15) is 26.2 Å². The summed E-state index contributed by atoms with van der Waals surface area (Å²) in [6.07, 6.45) is 2.33. The first-order valence-corrected chi connectivity index (χ1v) is 10.7. The van der Waals surface area contributed by atoms with Crippen LogP contribution in [0.4, 0.5) is 5.69 Å². The zero-order chi connectivity index (χ0) is 18.7. The van der Waals surface area contributed by atoms with Crippen LogP contribution in [-0.2, 0) is 14.8 Å². The van der Waals surface area contributed by atoms with Crippen molar-refractivity contribution in [2.45, 2.75) is 37.1 Å². The molecule has 1 heterocycles. The Bertz CT molecular complexity index is 755. The van der Waals surface area contributed by atoms with Gasteiger partial charge in [0.2, 0.25) is 15.9 Å². The molecule has 1 saturated carbocycles. The van der Waals surface area contributed by atoms with E-state index >= 15 is 0 Å². The molecule has 1 aromatic carbocycles. The second-order valence-electron chi connectivity index (χ2n) is 7.13. The summed E-state index contributed by atoms with van der Waals surface area (Å²) in [5.74, 6) is -0.170. The van der Waals surface area contributed by atoms with Crippen LogP contribution in [0.25, 0.3) is 0 Å². The van der Waals surface area contributed by atoms with Crippen LogP contribution in [0.3, 0.4) is 0 Å². The van der Waals surface area contributed by atoms with E-state index in [2.05, 4.69) is 17.1 Å². The number of rotatable bonds is 5. The molecule has 3 N–H and O–H groups in total. The van der Waals surface area contributed by atoms with Crippen molar-refractivity contribution in [1.29, 1.82) is 0 Å². The van der Waals surface area contributed by atoms with E-state index in [1.165, 1.54) is 4.31 Å².